The van der Waals surface area contributed by atoms with E-state index in [1.165, 1.54) is 0 Å². The number of esters is 1. The molecule has 0 radical (unpaired) electrons. The fraction of sp³-hybridized carbons (Fsp3) is 0.812. The van der Waals surface area contributed by atoms with Crippen LogP contribution < -0.4 is 10.6 Å². The molecule has 2 fully saturated rings. The van der Waals surface area contributed by atoms with Gasteiger partial charge in [-0.05, 0) is 84.4 Å². The first-order valence-electron chi connectivity index (χ1n) is 15.8. The van der Waals surface area contributed by atoms with Crippen LogP contribution in [0.1, 0.15) is 99.8 Å². The molecule has 1 heterocycles. The van der Waals surface area contributed by atoms with Crippen molar-refractivity contribution >= 4 is 32.1 Å². The van der Waals surface area contributed by atoms with Crippen LogP contribution in [-0.4, -0.2) is 62.0 Å². The first-order valence-corrected chi connectivity index (χ1v) is 18.7. The number of ether oxygens (including phenoxy) is 2. The Morgan fingerprint density at radius 3 is 2.33 bits per heavy atom. The average Bonchev–Trinajstić information content (AvgIpc) is 3.38. The summed E-state index contributed by atoms with van der Waals surface area (Å²) in [5.41, 5.74) is -1.82. The van der Waals surface area contributed by atoms with Gasteiger partial charge in [0.2, 0.25) is 5.91 Å². The summed E-state index contributed by atoms with van der Waals surface area (Å²) in [6, 6.07) is -0.778. The summed E-state index contributed by atoms with van der Waals surface area (Å²) in [5, 5.41) is 5.83. The number of ketones is 1. The molecule has 0 aromatic heterocycles. The Hall–Kier alpha value is -2.20. The van der Waals surface area contributed by atoms with Gasteiger partial charge in [-0.3, -0.25) is 9.59 Å². The molecule has 0 saturated heterocycles. The van der Waals surface area contributed by atoms with E-state index in [-0.39, 0.29) is 35.4 Å². The molecular formula is C32H54N2O7Si. The van der Waals surface area contributed by atoms with Crippen LogP contribution in [0.3, 0.4) is 0 Å². The number of rotatable bonds is 5. The molecule has 238 valence electrons. The Kier molecular flexibility index (Phi) is 10.8. The molecule has 42 heavy (non-hydrogen) atoms. The second kappa shape index (κ2) is 13.2. The summed E-state index contributed by atoms with van der Waals surface area (Å²) >= 11 is 0. The van der Waals surface area contributed by atoms with Crippen LogP contribution in [0, 0.1) is 17.8 Å². The number of allylic oxidation sites excluding steroid dienone is 1. The van der Waals surface area contributed by atoms with Gasteiger partial charge in [0.25, 0.3) is 0 Å². The van der Waals surface area contributed by atoms with Crippen LogP contribution in [0.4, 0.5) is 4.79 Å². The molecule has 2 saturated carbocycles. The number of Topliss-reactive ketones (excluding diaryl/α,β-unsaturated/α-hetero) is 1. The molecule has 2 amide bonds. The molecule has 2 N–H and O–H groups in total. The van der Waals surface area contributed by atoms with Crippen molar-refractivity contribution in [3.05, 3.63) is 12.2 Å². The summed E-state index contributed by atoms with van der Waals surface area (Å²) in [4.78, 5) is 54.1. The average molecular weight is 607 g/mol. The summed E-state index contributed by atoms with van der Waals surface area (Å²) in [6.45, 7) is 18.1. The third-order valence-corrected chi connectivity index (χ3v) is 13.8. The summed E-state index contributed by atoms with van der Waals surface area (Å²) < 4.78 is 17.6. The largest absolute Gasteiger partial charge is 0.464 e. The van der Waals surface area contributed by atoms with Gasteiger partial charge in [0.05, 0.1) is 18.6 Å². The van der Waals surface area contributed by atoms with E-state index in [2.05, 4.69) is 50.6 Å². The van der Waals surface area contributed by atoms with Crippen LogP contribution >= 0.6 is 0 Å². The standard InChI is InChI=1S/C32H54N2O7Si/c1-10-39-28(37)32-20-21(32)16-14-12-11-13-15-17-25(33-29(38)40-30(2,3)4)26(35)23-18-22(19-24(23)27(36)34-32)41-42(8,9)31(5,6)7/h14,16,21-25H,10-13,15,17-20H2,1-9H3,(H,33,38)(H,34,36)/t21-,22+,23?,24-,25+,32-/m1/s1. The summed E-state index contributed by atoms with van der Waals surface area (Å²) in [6.07, 6.45) is 8.29. The Labute approximate surface area is 253 Å². The van der Waals surface area contributed by atoms with Gasteiger partial charge in [0.15, 0.2) is 14.1 Å². The van der Waals surface area contributed by atoms with Gasteiger partial charge in [0, 0.05) is 17.9 Å². The number of hydrogen-bond donors (Lipinski definition) is 2. The zero-order chi connectivity index (χ0) is 31.5. The van der Waals surface area contributed by atoms with Crippen molar-refractivity contribution in [3.63, 3.8) is 0 Å². The molecule has 3 aliphatic rings. The molecule has 10 heteroatoms. The van der Waals surface area contributed by atoms with Crippen molar-refractivity contribution < 1.29 is 33.1 Å². The van der Waals surface area contributed by atoms with Crippen LogP contribution in [0.2, 0.25) is 18.1 Å². The van der Waals surface area contributed by atoms with Crippen molar-refractivity contribution in [3.8, 4) is 0 Å². The van der Waals surface area contributed by atoms with Gasteiger partial charge in [0.1, 0.15) is 11.1 Å². The normalized spacial score (nSPS) is 31.1. The predicted molar refractivity (Wildman–Crippen MR) is 164 cm³/mol. The van der Waals surface area contributed by atoms with Gasteiger partial charge in [-0.2, -0.15) is 0 Å². The van der Waals surface area contributed by atoms with Gasteiger partial charge in [-0.1, -0.05) is 45.8 Å². The predicted octanol–water partition coefficient (Wildman–Crippen LogP) is 5.82. The molecule has 0 bridgehead atoms. The number of alkyl carbamates (subject to hydrolysis) is 1. The Morgan fingerprint density at radius 2 is 1.71 bits per heavy atom. The Bertz CT molecular complexity index is 1040. The van der Waals surface area contributed by atoms with Crippen LogP contribution in [-0.2, 0) is 28.3 Å². The number of fused-ring (bicyclic) bond motifs is 2. The fourth-order valence-corrected chi connectivity index (χ4v) is 7.23. The third kappa shape index (κ3) is 8.46. The van der Waals surface area contributed by atoms with Crippen molar-refractivity contribution in [1.82, 2.24) is 10.6 Å². The van der Waals surface area contributed by atoms with Crippen LogP contribution in [0.5, 0.6) is 0 Å². The van der Waals surface area contributed by atoms with Gasteiger partial charge in [-0.15, -0.1) is 0 Å². The molecular weight excluding hydrogens is 552 g/mol. The Morgan fingerprint density at radius 1 is 1.05 bits per heavy atom. The number of carbonyl (C=O) groups excluding carboxylic acids is 4. The van der Waals surface area contributed by atoms with Gasteiger partial charge >= 0.3 is 12.1 Å². The van der Waals surface area contributed by atoms with E-state index in [0.717, 1.165) is 25.7 Å². The lowest BCUT2D eigenvalue weighted by Crippen LogP contribution is -2.51. The molecule has 1 unspecified atom stereocenters. The van der Waals surface area contributed by atoms with Gasteiger partial charge in [-0.25, -0.2) is 9.59 Å². The molecule has 6 atom stereocenters. The van der Waals surface area contributed by atoms with E-state index in [1.807, 2.05) is 6.08 Å². The van der Waals surface area contributed by atoms with E-state index >= 15 is 0 Å². The van der Waals surface area contributed by atoms with Crippen molar-refractivity contribution in [2.45, 2.75) is 141 Å². The third-order valence-electron chi connectivity index (χ3n) is 9.26. The minimum Gasteiger partial charge on any atom is -0.464 e. The summed E-state index contributed by atoms with van der Waals surface area (Å²) in [7, 11) is -2.19. The summed E-state index contributed by atoms with van der Waals surface area (Å²) in [5.74, 6) is -2.41. The Balaban J connectivity index is 1.95. The lowest BCUT2D eigenvalue weighted by atomic mass is 9.86. The minimum atomic E-state index is -2.19. The zero-order valence-electron chi connectivity index (χ0n) is 27.3. The maximum absolute atomic E-state index is 14.2. The topological polar surface area (TPSA) is 120 Å². The maximum Gasteiger partial charge on any atom is 0.408 e. The quantitative estimate of drug-likeness (QED) is 0.230. The second-order valence-corrected chi connectivity index (χ2v) is 19.6. The van der Waals surface area contributed by atoms with Crippen molar-refractivity contribution in [2.24, 2.45) is 17.8 Å². The van der Waals surface area contributed by atoms with E-state index < -0.39 is 49.4 Å². The molecule has 0 aromatic carbocycles. The number of carbonyl (C=O) groups is 4. The lowest BCUT2D eigenvalue weighted by molar-refractivity contribution is -0.150. The van der Waals surface area contributed by atoms with Crippen LogP contribution in [0.25, 0.3) is 0 Å². The minimum absolute atomic E-state index is 0.0387. The maximum atomic E-state index is 14.2. The SMILES string of the molecule is CCOC(=O)[C@@]12C[C@H]1C=CCCCCC[C@H](NC(=O)OC(C)(C)C)C(=O)C1C[C@H](O[Si](C)(C)C(C)(C)C)C[C@H]1C(=O)N2. The fourth-order valence-electron chi connectivity index (χ4n) is 5.85. The molecule has 3 rings (SSSR count). The molecule has 1 aliphatic heterocycles. The number of hydrogen-bond acceptors (Lipinski definition) is 7. The first kappa shape index (κ1) is 34.3. The van der Waals surface area contributed by atoms with Crippen molar-refractivity contribution in [1.29, 1.82) is 0 Å². The van der Waals surface area contributed by atoms with E-state index in [1.54, 1.807) is 27.7 Å². The highest BCUT2D eigenvalue weighted by atomic mass is 28.4. The van der Waals surface area contributed by atoms with E-state index in [4.69, 9.17) is 13.9 Å². The highest BCUT2D eigenvalue weighted by Crippen LogP contribution is 2.48. The highest BCUT2D eigenvalue weighted by molar-refractivity contribution is 6.74. The number of amides is 2. The highest BCUT2D eigenvalue weighted by Gasteiger charge is 2.62. The van der Waals surface area contributed by atoms with Gasteiger partial charge < -0.3 is 24.5 Å². The smallest absolute Gasteiger partial charge is 0.408 e. The van der Waals surface area contributed by atoms with E-state index in [9.17, 15) is 19.2 Å². The van der Waals surface area contributed by atoms with Crippen molar-refractivity contribution in [2.75, 3.05) is 6.61 Å². The second-order valence-electron chi connectivity index (χ2n) is 14.8. The molecule has 9 nitrogen and oxygen atoms in total. The van der Waals surface area contributed by atoms with E-state index in [0.29, 0.717) is 25.7 Å². The number of nitrogens with one attached hydrogen (secondary N) is 2. The molecule has 0 aromatic rings. The monoisotopic (exact) mass is 606 g/mol. The zero-order valence-corrected chi connectivity index (χ0v) is 28.3. The van der Waals surface area contributed by atoms with Crippen LogP contribution in [0.15, 0.2) is 12.2 Å². The molecule has 0 spiro atoms. The lowest BCUT2D eigenvalue weighted by Gasteiger charge is -2.38. The molecule has 2 aliphatic carbocycles. The first-order chi connectivity index (χ1) is 19.4.